The summed E-state index contributed by atoms with van der Waals surface area (Å²) >= 11 is 1.33. The van der Waals surface area contributed by atoms with E-state index in [-0.39, 0.29) is 5.56 Å². The van der Waals surface area contributed by atoms with Gasteiger partial charge in [0, 0.05) is 22.8 Å². The van der Waals surface area contributed by atoms with Crippen LogP contribution in [0.4, 0.5) is 18.9 Å². The first-order chi connectivity index (χ1) is 10.4. The minimum absolute atomic E-state index is 0.0432. The number of fused-ring (bicyclic) bond motifs is 1. The molecule has 0 spiro atoms. The molecular weight excluding hydrogens is 313 g/mol. The summed E-state index contributed by atoms with van der Waals surface area (Å²) in [5.74, 6) is -0.589. The molecule has 3 nitrogen and oxygen atoms in total. The second-order valence-electron chi connectivity index (χ2n) is 4.61. The molecule has 1 N–H and O–H groups in total. The number of carbonyl (C=O) groups is 1. The number of nitrogens with zero attached hydrogens (tertiary/aromatic N) is 1. The topological polar surface area (TPSA) is 42.0 Å². The van der Waals surface area contributed by atoms with Crippen molar-refractivity contribution in [3.8, 4) is 0 Å². The van der Waals surface area contributed by atoms with Crippen molar-refractivity contribution >= 4 is 33.2 Å². The summed E-state index contributed by atoms with van der Waals surface area (Å²) in [5.41, 5.74) is -0.383. The van der Waals surface area contributed by atoms with Crippen molar-refractivity contribution in [2.24, 2.45) is 0 Å². The molecule has 0 atom stereocenters. The summed E-state index contributed by atoms with van der Waals surface area (Å²) in [4.78, 5) is 12.1. The molecule has 0 aliphatic heterocycles. The van der Waals surface area contributed by atoms with Crippen LogP contribution >= 0.6 is 11.5 Å². The first-order valence-corrected chi connectivity index (χ1v) is 7.04. The Morgan fingerprint density at radius 3 is 2.73 bits per heavy atom. The van der Waals surface area contributed by atoms with Crippen LogP contribution in [0.5, 0.6) is 0 Å². The van der Waals surface area contributed by atoms with Crippen LogP contribution in [0.15, 0.2) is 48.7 Å². The fourth-order valence-corrected chi connectivity index (χ4v) is 2.62. The van der Waals surface area contributed by atoms with Gasteiger partial charge in [-0.05, 0) is 47.9 Å². The maximum atomic E-state index is 12.7. The van der Waals surface area contributed by atoms with Crippen LogP contribution in [0, 0.1) is 0 Å². The fraction of sp³-hybridized carbons (Fsp3) is 0.0667. The lowest BCUT2D eigenvalue weighted by atomic mass is 10.1. The van der Waals surface area contributed by atoms with Gasteiger partial charge in [-0.1, -0.05) is 6.07 Å². The smallest absolute Gasteiger partial charge is 0.322 e. The molecule has 1 heterocycles. The van der Waals surface area contributed by atoms with Gasteiger partial charge in [-0.15, -0.1) is 0 Å². The molecule has 0 radical (unpaired) electrons. The molecular formula is C15H9F3N2OS. The first-order valence-electron chi connectivity index (χ1n) is 6.26. The van der Waals surface area contributed by atoms with E-state index >= 15 is 0 Å². The van der Waals surface area contributed by atoms with Crippen LogP contribution < -0.4 is 5.32 Å². The van der Waals surface area contributed by atoms with Crippen LogP contribution in [-0.2, 0) is 6.18 Å². The number of benzene rings is 2. The minimum atomic E-state index is -4.47. The Bertz CT molecular complexity index is 842. The third kappa shape index (κ3) is 2.94. The highest BCUT2D eigenvalue weighted by Crippen LogP contribution is 2.29. The molecule has 0 bridgehead atoms. The van der Waals surface area contributed by atoms with Gasteiger partial charge < -0.3 is 5.32 Å². The Balaban J connectivity index is 1.85. The predicted molar refractivity (Wildman–Crippen MR) is 79.0 cm³/mol. The van der Waals surface area contributed by atoms with Crippen molar-refractivity contribution in [1.82, 2.24) is 4.37 Å². The lowest BCUT2D eigenvalue weighted by molar-refractivity contribution is -0.137. The lowest BCUT2D eigenvalue weighted by Crippen LogP contribution is -2.13. The number of hydrogen-bond acceptors (Lipinski definition) is 3. The van der Waals surface area contributed by atoms with E-state index < -0.39 is 17.6 Å². The van der Waals surface area contributed by atoms with E-state index in [2.05, 4.69) is 9.69 Å². The van der Waals surface area contributed by atoms with Gasteiger partial charge in [0.25, 0.3) is 5.91 Å². The highest BCUT2D eigenvalue weighted by atomic mass is 32.1. The average Bonchev–Trinajstić information content (AvgIpc) is 2.94. The lowest BCUT2D eigenvalue weighted by Gasteiger charge is -2.09. The molecule has 0 aliphatic carbocycles. The molecule has 3 rings (SSSR count). The summed E-state index contributed by atoms with van der Waals surface area (Å²) < 4.78 is 43.0. The van der Waals surface area contributed by atoms with Crippen molar-refractivity contribution in [3.05, 3.63) is 59.8 Å². The molecule has 0 unspecified atom stereocenters. The number of anilines is 1. The highest BCUT2D eigenvalue weighted by molar-refractivity contribution is 7.13. The van der Waals surface area contributed by atoms with E-state index in [1.165, 1.54) is 23.7 Å². The van der Waals surface area contributed by atoms with Crippen molar-refractivity contribution in [2.45, 2.75) is 6.18 Å². The van der Waals surface area contributed by atoms with Crippen molar-refractivity contribution < 1.29 is 18.0 Å². The van der Waals surface area contributed by atoms with Gasteiger partial charge in [-0.25, -0.2) is 0 Å². The second-order valence-corrected chi connectivity index (χ2v) is 5.44. The van der Waals surface area contributed by atoms with E-state index in [4.69, 9.17) is 0 Å². The molecule has 1 amide bonds. The van der Waals surface area contributed by atoms with Crippen LogP contribution in [-0.4, -0.2) is 10.3 Å². The third-order valence-corrected chi connectivity index (χ3v) is 3.84. The Morgan fingerprint density at radius 1 is 1.14 bits per heavy atom. The summed E-state index contributed by atoms with van der Waals surface area (Å²) in [6, 6.07) is 9.53. The number of carbonyl (C=O) groups excluding carboxylic acids is 1. The summed E-state index contributed by atoms with van der Waals surface area (Å²) in [7, 11) is 0. The van der Waals surface area contributed by atoms with Gasteiger partial charge in [0.05, 0.1) is 10.3 Å². The summed E-state index contributed by atoms with van der Waals surface area (Å²) in [6.07, 6.45) is -2.81. The summed E-state index contributed by atoms with van der Waals surface area (Å²) in [6.45, 7) is 0. The van der Waals surface area contributed by atoms with Crippen molar-refractivity contribution in [2.75, 3.05) is 5.32 Å². The second kappa shape index (κ2) is 5.42. The van der Waals surface area contributed by atoms with Crippen molar-refractivity contribution in [1.29, 1.82) is 0 Å². The van der Waals surface area contributed by atoms with Crippen molar-refractivity contribution in [3.63, 3.8) is 0 Å². The van der Waals surface area contributed by atoms with Crippen LogP contribution in [0.2, 0.25) is 0 Å². The molecule has 1 aromatic heterocycles. The van der Waals surface area contributed by atoms with E-state index in [9.17, 15) is 18.0 Å². The van der Waals surface area contributed by atoms with E-state index in [0.717, 1.165) is 22.2 Å². The first kappa shape index (κ1) is 14.5. The fourth-order valence-electron chi connectivity index (χ4n) is 1.99. The Labute approximate surface area is 127 Å². The molecule has 0 saturated carbocycles. The van der Waals surface area contributed by atoms with Crippen LogP contribution in [0.3, 0.4) is 0 Å². The number of amides is 1. The number of hydrogen-bond donors (Lipinski definition) is 1. The third-order valence-electron chi connectivity index (χ3n) is 3.06. The highest BCUT2D eigenvalue weighted by Gasteiger charge is 2.30. The van der Waals surface area contributed by atoms with Gasteiger partial charge in [-0.2, -0.15) is 17.5 Å². The largest absolute Gasteiger partial charge is 0.416 e. The van der Waals surface area contributed by atoms with Gasteiger partial charge >= 0.3 is 6.18 Å². The Morgan fingerprint density at radius 2 is 1.95 bits per heavy atom. The zero-order valence-electron chi connectivity index (χ0n) is 11.0. The Hall–Kier alpha value is -2.41. The number of nitrogens with one attached hydrogen (secondary N) is 1. The molecule has 22 heavy (non-hydrogen) atoms. The number of halogens is 3. The number of aromatic nitrogens is 1. The standard InChI is InChI=1S/C15H9F3N2OS/c16-15(17,18)11-3-1-2-9(6-11)14(21)20-12-4-5-13-10(7-12)8-19-22-13/h1-8H,(H,20,21). The van der Waals surface area contributed by atoms with Gasteiger partial charge in [0.1, 0.15) is 0 Å². The number of rotatable bonds is 2. The predicted octanol–water partition coefficient (Wildman–Crippen LogP) is 4.57. The molecule has 112 valence electrons. The van der Waals surface area contributed by atoms with E-state index in [1.54, 1.807) is 24.4 Å². The minimum Gasteiger partial charge on any atom is -0.322 e. The average molecular weight is 322 g/mol. The molecule has 2 aromatic carbocycles. The molecule has 0 aliphatic rings. The Kier molecular flexibility index (Phi) is 3.58. The zero-order chi connectivity index (χ0) is 15.7. The van der Waals surface area contributed by atoms with E-state index in [1.807, 2.05) is 0 Å². The maximum absolute atomic E-state index is 12.7. The van der Waals surface area contributed by atoms with Crippen LogP contribution in [0.25, 0.3) is 10.1 Å². The van der Waals surface area contributed by atoms with Gasteiger partial charge in [0.2, 0.25) is 0 Å². The molecule has 0 saturated heterocycles. The maximum Gasteiger partial charge on any atom is 0.416 e. The van der Waals surface area contributed by atoms with Gasteiger partial charge in [0.15, 0.2) is 0 Å². The molecule has 7 heteroatoms. The molecule has 3 aromatic rings. The zero-order valence-corrected chi connectivity index (χ0v) is 11.8. The molecule has 0 fully saturated rings. The van der Waals surface area contributed by atoms with Gasteiger partial charge in [-0.3, -0.25) is 4.79 Å². The normalized spacial score (nSPS) is 11.6. The van der Waals surface area contributed by atoms with E-state index in [0.29, 0.717) is 5.69 Å². The SMILES string of the molecule is O=C(Nc1ccc2sncc2c1)c1cccc(C(F)(F)F)c1. The summed E-state index contributed by atoms with van der Waals surface area (Å²) in [5, 5.41) is 3.46. The monoisotopic (exact) mass is 322 g/mol. The quantitative estimate of drug-likeness (QED) is 0.751. The van der Waals surface area contributed by atoms with Crippen LogP contribution in [0.1, 0.15) is 15.9 Å². The number of alkyl halides is 3.